The number of hydrogen-bond donors (Lipinski definition) is 2. The monoisotopic (exact) mass is 331 g/mol. The van der Waals surface area contributed by atoms with E-state index < -0.39 is 5.82 Å². The lowest BCUT2D eigenvalue weighted by molar-refractivity contribution is 0.279. The number of rotatable bonds is 5. The molecule has 0 fully saturated rings. The number of phenolic OH excluding ortho intramolecular Hbond substituents is 1. The number of nitrogens with zero attached hydrogens (tertiary/aromatic N) is 1. The van der Waals surface area contributed by atoms with Crippen molar-refractivity contribution in [2.45, 2.75) is 59.5 Å². The first-order valence-electron chi connectivity index (χ1n) is 8.47. The summed E-state index contributed by atoms with van der Waals surface area (Å²) in [5.41, 5.74) is 4.85. The number of aromatic hydroxyl groups is 1. The lowest BCUT2D eigenvalue weighted by Crippen LogP contribution is -2.12. The third-order valence-electron chi connectivity index (χ3n) is 4.30. The Morgan fingerprint density at radius 2 is 1.62 bits per heavy atom. The highest BCUT2D eigenvalue weighted by molar-refractivity contribution is 5.77. The summed E-state index contributed by atoms with van der Waals surface area (Å²) in [6, 6.07) is 4.02. The molecule has 0 aliphatic heterocycles. The van der Waals surface area contributed by atoms with Crippen LogP contribution in [-0.4, -0.2) is 15.2 Å². The summed E-state index contributed by atoms with van der Waals surface area (Å²) in [5, 5.41) is 20.3. The number of pyridine rings is 1. The van der Waals surface area contributed by atoms with E-state index in [1.807, 2.05) is 20.8 Å². The van der Waals surface area contributed by atoms with Gasteiger partial charge in [-0.15, -0.1) is 0 Å². The minimum absolute atomic E-state index is 0.116. The van der Waals surface area contributed by atoms with Crippen LogP contribution in [0.3, 0.4) is 0 Å². The van der Waals surface area contributed by atoms with E-state index >= 15 is 0 Å². The van der Waals surface area contributed by atoms with Gasteiger partial charge in [-0.25, -0.2) is 4.39 Å². The predicted octanol–water partition coefficient (Wildman–Crippen LogP) is 4.89. The smallest absolute Gasteiger partial charge is 0.126 e. The largest absolute Gasteiger partial charge is 0.507 e. The Morgan fingerprint density at radius 1 is 1.04 bits per heavy atom. The van der Waals surface area contributed by atoms with E-state index in [-0.39, 0.29) is 24.2 Å². The highest BCUT2D eigenvalue weighted by Gasteiger charge is 2.23. The van der Waals surface area contributed by atoms with E-state index in [2.05, 4.69) is 13.8 Å². The van der Waals surface area contributed by atoms with Crippen molar-refractivity contribution in [2.75, 3.05) is 0 Å². The molecule has 0 aliphatic carbocycles. The summed E-state index contributed by atoms with van der Waals surface area (Å²) >= 11 is 0. The van der Waals surface area contributed by atoms with Crippen molar-refractivity contribution in [1.82, 2.24) is 4.98 Å². The van der Waals surface area contributed by atoms with Gasteiger partial charge < -0.3 is 10.2 Å². The number of aliphatic hydroxyl groups excluding tert-OH is 1. The molecule has 0 saturated heterocycles. The molecule has 24 heavy (non-hydrogen) atoms. The molecule has 0 atom stereocenters. The number of aromatic nitrogens is 1. The molecule has 2 aromatic rings. The molecule has 1 heterocycles. The third-order valence-corrected chi connectivity index (χ3v) is 4.30. The predicted molar refractivity (Wildman–Crippen MR) is 94.8 cm³/mol. The first-order valence-corrected chi connectivity index (χ1v) is 8.47. The zero-order chi connectivity index (χ0) is 18.0. The highest BCUT2D eigenvalue weighted by atomic mass is 19.1. The van der Waals surface area contributed by atoms with E-state index in [9.17, 15) is 14.6 Å². The van der Waals surface area contributed by atoms with Crippen LogP contribution < -0.4 is 0 Å². The Labute approximate surface area is 143 Å². The van der Waals surface area contributed by atoms with E-state index in [4.69, 9.17) is 4.98 Å². The fourth-order valence-electron chi connectivity index (χ4n) is 3.22. The second kappa shape index (κ2) is 7.31. The molecule has 0 bridgehead atoms. The Bertz CT molecular complexity index is 705. The normalized spacial score (nSPS) is 11.5. The van der Waals surface area contributed by atoms with Crippen molar-refractivity contribution in [3.8, 4) is 16.9 Å². The molecule has 0 spiro atoms. The second-order valence-electron chi connectivity index (χ2n) is 6.70. The molecule has 0 aliphatic rings. The zero-order valence-corrected chi connectivity index (χ0v) is 15.0. The lowest BCUT2D eigenvalue weighted by Gasteiger charge is -2.24. The minimum Gasteiger partial charge on any atom is -0.507 e. The molecule has 0 saturated carbocycles. The molecular formula is C20H26FNO2. The molecular weight excluding hydrogens is 305 g/mol. The van der Waals surface area contributed by atoms with Gasteiger partial charge in [-0.1, -0.05) is 34.6 Å². The van der Waals surface area contributed by atoms with Gasteiger partial charge in [-0.3, -0.25) is 4.98 Å². The molecule has 1 aromatic heterocycles. The standard InChI is InChI=1S/C20H26FNO2/c1-6-14-18(15-8-7-13(21)9-17(15)24)16(10-23)20(12(4)5)22-19(14)11(2)3/h7-9,11-12,23-24H,6,10H2,1-5H3. The Balaban J connectivity index is 2.94. The van der Waals surface area contributed by atoms with Crippen LogP contribution in [0, 0.1) is 5.82 Å². The fraction of sp³-hybridized carbons (Fsp3) is 0.450. The molecule has 3 nitrogen and oxygen atoms in total. The van der Waals surface area contributed by atoms with Crippen molar-refractivity contribution in [2.24, 2.45) is 0 Å². The van der Waals surface area contributed by atoms with Gasteiger partial charge in [0.2, 0.25) is 0 Å². The first kappa shape index (κ1) is 18.4. The summed E-state index contributed by atoms with van der Waals surface area (Å²) in [4.78, 5) is 4.83. The lowest BCUT2D eigenvalue weighted by atomic mass is 9.86. The van der Waals surface area contributed by atoms with Gasteiger partial charge in [0.15, 0.2) is 0 Å². The number of benzene rings is 1. The molecule has 130 valence electrons. The van der Waals surface area contributed by atoms with Gasteiger partial charge in [0.05, 0.1) is 6.61 Å². The molecule has 2 rings (SSSR count). The highest BCUT2D eigenvalue weighted by Crippen LogP contribution is 2.40. The van der Waals surface area contributed by atoms with E-state index in [0.29, 0.717) is 11.1 Å². The van der Waals surface area contributed by atoms with Gasteiger partial charge in [-0.2, -0.15) is 0 Å². The molecule has 1 aromatic carbocycles. The summed E-state index contributed by atoms with van der Waals surface area (Å²) in [6.07, 6.45) is 0.720. The van der Waals surface area contributed by atoms with Gasteiger partial charge in [0.1, 0.15) is 11.6 Å². The van der Waals surface area contributed by atoms with Crippen molar-refractivity contribution < 1.29 is 14.6 Å². The maximum Gasteiger partial charge on any atom is 0.126 e. The van der Waals surface area contributed by atoms with E-state index in [0.717, 1.165) is 35.0 Å². The van der Waals surface area contributed by atoms with Gasteiger partial charge in [-0.05, 0) is 41.5 Å². The fourth-order valence-corrected chi connectivity index (χ4v) is 3.22. The summed E-state index contributed by atoms with van der Waals surface area (Å²) < 4.78 is 13.4. The average molecular weight is 331 g/mol. The van der Waals surface area contributed by atoms with Crippen LogP contribution in [0.1, 0.15) is 69.0 Å². The zero-order valence-electron chi connectivity index (χ0n) is 15.0. The Kier molecular flexibility index (Phi) is 5.60. The van der Waals surface area contributed by atoms with E-state index in [1.165, 1.54) is 6.07 Å². The minimum atomic E-state index is -0.484. The summed E-state index contributed by atoms with van der Waals surface area (Å²) in [5.74, 6) is -0.250. The number of hydrogen-bond acceptors (Lipinski definition) is 3. The number of halogens is 1. The summed E-state index contributed by atoms with van der Waals surface area (Å²) in [7, 11) is 0. The Morgan fingerprint density at radius 3 is 2.08 bits per heavy atom. The molecule has 0 amide bonds. The van der Waals surface area contributed by atoms with Crippen LogP contribution in [0.4, 0.5) is 4.39 Å². The first-order chi connectivity index (χ1) is 11.3. The molecule has 4 heteroatoms. The van der Waals surface area contributed by atoms with Crippen molar-refractivity contribution in [3.63, 3.8) is 0 Å². The topological polar surface area (TPSA) is 53.4 Å². The quantitative estimate of drug-likeness (QED) is 0.820. The summed E-state index contributed by atoms with van der Waals surface area (Å²) in [6.45, 7) is 10.1. The van der Waals surface area contributed by atoms with Crippen molar-refractivity contribution in [1.29, 1.82) is 0 Å². The van der Waals surface area contributed by atoms with Crippen molar-refractivity contribution >= 4 is 0 Å². The third kappa shape index (κ3) is 3.29. The Hall–Kier alpha value is -1.94. The number of phenols is 1. The van der Waals surface area contributed by atoms with Gasteiger partial charge in [0.25, 0.3) is 0 Å². The van der Waals surface area contributed by atoms with Crippen molar-refractivity contribution in [3.05, 3.63) is 46.5 Å². The second-order valence-corrected chi connectivity index (χ2v) is 6.70. The van der Waals surface area contributed by atoms with Gasteiger partial charge in [0, 0.05) is 28.6 Å². The van der Waals surface area contributed by atoms with Crippen LogP contribution in [-0.2, 0) is 13.0 Å². The SMILES string of the molecule is CCc1c(C(C)C)nc(C(C)C)c(CO)c1-c1ccc(F)cc1O. The van der Waals surface area contributed by atoms with Gasteiger partial charge >= 0.3 is 0 Å². The van der Waals surface area contributed by atoms with Crippen LogP contribution in [0.5, 0.6) is 5.75 Å². The number of aliphatic hydroxyl groups is 1. The van der Waals surface area contributed by atoms with Crippen LogP contribution >= 0.6 is 0 Å². The van der Waals surface area contributed by atoms with Crippen LogP contribution in [0.25, 0.3) is 11.1 Å². The van der Waals surface area contributed by atoms with Crippen LogP contribution in [0.2, 0.25) is 0 Å². The average Bonchev–Trinajstić information content (AvgIpc) is 2.52. The maximum atomic E-state index is 13.4. The maximum absolute atomic E-state index is 13.4. The van der Waals surface area contributed by atoms with Crippen LogP contribution in [0.15, 0.2) is 18.2 Å². The molecule has 0 radical (unpaired) electrons. The van der Waals surface area contributed by atoms with E-state index in [1.54, 1.807) is 6.07 Å². The molecule has 2 N–H and O–H groups in total. The molecule has 0 unspecified atom stereocenters.